The third kappa shape index (κ3) is 3.32. The number of likely N-dealkylation sites (tertiary alicyclic amines) is 2. The van der Waals surface area contributed by atoms with Crippen LogP contribution >= 0.6 is 0 Å². The molecular weight excluding hydrogens is 276 g/mol. The lowest BCUT2D eigenvalue weighted by atomic mass is 9.98. The van der Waals surface area contributed by atoms with E-state index < -0.39 is 0 Å². The lowest BCUT2D eigenvalue weighted by Gasteiger charge is -2.30. The van der Waals surface area contributed by atoms with E-state index in [-0.39, 0.29) is 11.8 Å². The van der Waals surface area contributed by atoms with Crippen LogP contribution in [0.15, 0.2) is 24.3 Å². The predicted molar refractivity (Wildman–Crippen MR) is 85.4 cm³/mol. The van der Waals surface area contributed by atoms with Crippen molar-refractivity contribution in [3.63, 3.8) is 0 Å². The summed E-state index contributed by atoms with van der Waals surface area (Å²) in [5.41, 5.74) is 1.85. The van der Waals surface area contributed by atoms with Gasteiger partial charge in [0, 0.05) is 38.2 Å². The van der Waals surface area contributed by atoms with Crippen LogP contribution < -0.4 is 0 Å². The fraction of sp³-hybridized carbons (Fsp3) is 0.556. The van der Waals surface area contributed by atoms with E-state index in [0.717, 1.165) is 55.9 Å². The lowest BCUT2D eigenvalue weighted by Crippen LogP contribution is -2.37. The second kappa shape index (κ2) is 6.51. The number of hydrogen-bond acceptors (Lipinski definition) is 2. The summed E-state index contributed by atoms with van der Waals surface area (Å²) in [6, 6.07) is 7.75. The molecule has 2 aliphatic heterocycles. The zero-order valence-corrected chi connectivity index (χ0v) is 13.3. The summed E-state index contributed by atoms with van der Waals surface area (Å²) in [6.07, 6.45) is 3.83. The van der Waals surface area contributed by atoms with Gasteiger partial charge in [0.25, 0.3) is 5.91 Å². The van der Waals surface area contributed by atoms with Crippen molar-refractivity contribution >= 4 is 11.8 Å². The van der Waals surface area contributed by atoms with Crippen molar-refractivity contribution in [2.24, 2.45) is 5.92 Å². The van der Waals surface area contributed by atoms with E-state index in [1.54, 1.807) is 0 Å². The van der Waals surface area contributed by atoms with E-state index in [4.69, 9.17) is 0 Å². The van der Waals surface area contributed by atoms with E-state index in [0.29, 0.717) is 13.0 Å². The Morgan fingerprint density at radius 1 is 1.14 bits per heavy atom. The van der Waals surface area contributed by atoms with Gasteiger partial charge in [-0.15, -0.1) is 0 Å². The molecule has 0 saturated carbocycles. The molecule has 0 unspecified atom stereocenters. The first kappa shape index (κ1) is 15.1. The fourth-order valence-electron chi connectivity index (χ4n) is 3.24. The molecule has 2 amide bonds. The first-order chi connectivity index (χ1) is 10.6. The molecule has 2 aliphatic rings. The molecule has 0 atom stereocenters. The monoisotopic (exact) mass is 300 g/mol. The Kier molecular flexibility index (Phi) is 4.46. The van der Waals surface area contributed by atoms with Gasteiger partial charge in [0.15, 0.2) is 0 Å². The van der Waals surface area contributed by atoms with Gasteiger partial charge in [-0.05, 0) is 42.9 Å². The van der Waals surface area contributed by atoms with Crippen molar-refractivity contribution in [2.45, 2.75) is 39.2 Å². The summed E-state index contributed by atoms with van der Waals surface area (Å²) in [7, 11) is 0. The molecule has 118 valence electrons. The summed E-state index contributed by atoms with van der Waals surface area (Å²) in [4.78, 5) is 28.0. The maximum atomic E-state index is 12.5. The number of benzene rings is 1. The van der Waals surface area contributed by atoms with Gasteiger partial charge in [-0.1, -0.05) is 19.1 Å². The SMILES string of the molecule is CC1CCN(C(=O)c2ccc(CN3CCCC3=O)cc2)CC1. The van der Waals surface area contributed by atoms with Crippen LogP contribution in [0.3, 0.4) is 0 Å². The Bertz CT molecular complexity index is 545. The van der Waals surface area contributed by atoms with Crippen LogP contribution in [-0.2, 0) is 11.3 Å². The summed E-state index contributed by atoms with van der Waals surface area (Å²) < 4.78 is 0. The number of carbonyl (C=O) groups excluding carboxylic acids is 2. The normalized spacial score (nSPS) is 19.8. The summed E-state index contributed by atoms with van der Waals surface area (Å²) in [6.45, 7) is 5.49. The third-order valence-electron chi connectivity index (χ3n) is 4.82. The first-order valence-corrected chi connectivity index (χ1v) is 8.29. The van der Waals surface area contributed by atoms with Gasteiger partial charge < -0.3 is 9.80 Å². The van der Waals surface area contributed by atoms with Crippen molar-refractivity contribution < 1.29 is 9.59 Å². The van der Waals surface area contributed by atoms with Gasteiger partial charge in [0.1, 0.15) is 0 Å². The van der Waals surface area contributed by atoms with Crippen molar-refractivity contribution in [1.29, 1.82) is 0 Å². The smallest absolute Gasteiger partial charge is 0.253 e. The maximum Gasteiger partial charge on any atom is 0.253 e. The quantitative estimate of drug-likeness (QED) is 0.861. The number of carbonyl (C=O) groups is 2. The Morgan fingerprint density at radius 2 is 1.82 bits per heavy atom. The fourth-order valence-corrected chi connectivity index (χ4v) is 3.24. The highest BCUT2D eigenvalue weighted by Crippen LogP contribution is 2.19. The minimum Gasteiger partial charge on any atom is -0.339 e. The van der Waals surface area contributed by atoms with Crippen molar-refractivity contribution in [3.8, 4) is 0 Å². The van der Waals surface area contributed by atoms with Crippen molar-refractivity contribution in [3.05, 3.63) is 35.4 Å². The number of amides is 2. The molecule has 22 heavy (non-hydrogen) atoms. The second-order valence-electron chi connectivity index (χ2n) is 6.59. The minimum atomic E-state index is 0.135. The molecule has 0 bridgehead atoms. The number of hydrogen-bond donors (Lipinski definition) is 0. The van der Waals surface area contributed by atoms with Gasteiger partial charge in [0.2, 0.25) is 5.91 Å². The Morgan fingerprint density at radius 3 is 2.41 bits per heavy atom. The van der Waals surface area contributed by atoms with Crippen LogP contribution in [0.4, 0.5) is 0 Å². The highest BCUT2D eigenvalue weighted by atomic mass is 16.2. The minimum absolute atomic E-state index is 0.135. The van der Waals surface area contributed by atoms with Crippen molar-refractivity contribution in [2.75, 3.05) is 19.6 Å². The average Bonchev–Trinajstić information content (AvgIpc) is 2.93. The molecule has 0 aromatic heterocycles. The highest BCUT2D eigenvalue weighted by molar-refractivity contribution is 5.94. The maximum absolute atomic E-state index is 12.5. The largest absolute Gasteiger partial charge is 0.339 e. The zero-order valence-electron chi connectivity index (χ0n) is 13.3. The molecule has 0 spiro atoms. The highest BCUT2D eigenvalue weighted by Gasteiger charge is 2.22. The van der Waals surface area contributed by atoms with E-state index in [2.05, 4.69) is 6.92 Å². The second-order valence-corrected chi connectivity index (χ2v) is 6.59. The van der Waals surface area contributed by atoms with Crippen molar-refractivity contribution in [1.82, 2.24) is 9.80 Å². The average molecular weight is 300 g/mol. The lowest BCUT2D eigenvalue weighted by molar-refractivity contribution is -0.128. The summed E-state index contributed by atoms with van der Waals surface area (Å²) >= 11 is 0. The number of piperidine rings is 1. The van der Waals surface area contributed by atoms with Gasteiger partial charge in [-0.25, -0.2) is 0 Å². The molecule has 2 saturated heterocycles. The Balaban J connectivity index is 1.61. The molecule has 1 aromatic carbocycles. The molecule has 4 heteroatoms. The topological polar surface area (TPSA) is 40.6 Å². The predicted octanol–water partition coefficient (Wildman–Crippen LogP) is 2.68. The summed E-state index contributed by atoms with van der Waals surface area (Å²) in [5, 5.41) is 0. The van der Waals surface area contributed by atoms with E-state index in [1.165, 1.54) is 0 Å². The van der Waals surface area contributed by atoms with Gasteiger partial charge in [-0.3, -0.25) is 9.59 Å². The van der Waals surface area contributed by atoms with Crippen LogP contribution in [0.5, 0.6) is 0 Å². The molecule has 0 radical (unpaired) electrons. The molecule has 0 N–H and O–H groups in total. The van der Waals surface area contributed by atoms with E-state index in [1.807, 2.05) is 34.1 Å². The molecule has 4 nitrogen and oxygen atoms in total. The zero-order chi connectivity index (χ0) is 15.5. The van der Waals surface area contributed by atoms with Crippen LogP contribution in [0.25, 0.3) is 0 Å². The number of rotatable bonds is 3. The first-order valence-electron chi connectivity index (χ1n) is 8.29. The van der Waals surface area contributed by atoms with Crippen LogP contribution in [0.1, 0.15) is 48.5 Å². The molecule has 3 rings (SSSR count). The van der Waals surface area contributed by atoms with Crippen LogP contribution in [0.2, 0.25) is 0 Å². The molecule has 0 aliphatic carbocycles. The van der Waals surface area contributed by atoms with E-state index in [9.17, 15) is 9.59 Å². The van der Waals surface area contributed by atoms with Gasteiger partial charge in [0.05, 0.1) is 0 Å². The number of nitrogens with zero attached hydrogens (tertiary/aromatic N) is 2. The standard InChI is InChI=1S/C18H24N2O2/c1-14-8-11-19(12-9-14)18(22)16-6-4-15(5-7-16)13-20-10-2-3-17(20)21/h4-7,14H,2-3,8-13H2,1H3. The Labute approximate surface area is 132 Å². The Hall–Kier alpha value is -1.84. The molecule has 1 aromatic rings. The molecule has 2 heterocycles. The van der Waals surface area contributed by atoms with Crippen LogP contribution in [0, 0.1) is 5.92 Å². The molecular formula is C18H24N2O2. The molecule has 2 fully saturated rings. The summed E-state index contributed by atoms with van der Waals surface area (Å²) in [5.74, 6) is 1.10. The van der Waals surface area contributed by atoms with Gasteiger partial charge in [-0.2, -0.15) is 0 Å². The van der Waals surface area contributed by atoms with Crippen LogP contribution in [-0.4, -0.2) is 41.2 Å². The van der Waals surface area contributed by atoms with E-state index >= 15 is 0 Å². The third-order valence-corrected chi connectivity index (χ3v) is 4.82. The van der Waals surface area contributed by atoms with Gasteiger partial charge >= 0.3 is 0 Å².